The van der Waals surface area contributed by atoms with Crippen LogP contribution in [-0.4, -0.2) is 11.9 Å². The van der Waals surface area contributed by atoms with E-state index < -0.39 is 0 Å². The fraction of sp³-hybridized carbons (Fsp3) is 0.417. The van der Waals surface area contributed by atoms with Crippen LogP contribution >= 0.6 is 11.3 Å². The predicted molar refractivity (Wildman–Crippen MR) is 65.1 cm³/mol. The van der Waals surface area contributed by atoms with Gasteiger partial charge in [0, 0.05) is 23.8 Å². The highest BCUT2D eigenvalue weighted by Crippen LogP contribution is 2.10. The van der Waals surface area contributed by atoms with Crippen molar-refractivity contribution >= 4 is 17.2 Å². The Labute approximate surface area is 95.0 Å². The van der Waals surface area contributed by atoms with Crippen LogP contribution in [0.2, 0.25) is 0 Å². The number of allylic oxidation sites excluding steroid dienone is 1. The lowest BCUT2D eigenvalue weighted by Crippen LogP contribution is -2.33. The van der Waals surface area contributed by atoms with Gasteiger partial charge in [0.2, 0.25) is 5.91 Å². The van der Waals surface area contributed by atoms with E-state index in [2.05, 4.69) is 23.3 Å². The zero-order valence-corrected chi connectivity index (χ0v) is 9.85. The monoisotopic (exact) mass is 223 g/mol. The zero-order valence-electron chi connectivity index (χ0n) is 9.03. The lowest BCUT2D eigenvalue weighted by Gasteiger charge is -2.12. The molecule has 0 aliphatic carbocycles. The van der Waals surface area contributed by atoms with Crippen LogP contribution < -0.4 is 5.32 Å². The van der Waals surface area contributed by atoms with Crippen molar-refractivity contribution in [2.24, 2.45) is 0 Å². The van der Waals surface area contributed by atoms with E-state index in [-0.39, 0.29) is 11.9 Å². The van der Waals surface area contributed by atoms with Gasteiger partial charge in [0.05, 0.1) is 0 Å². The van der Waals surface area contributed by atoms with Gasteiger partial charge in [-0.05, 0) is 24.8 Å². The van der Waals surface area contributed by atoms with E-state index in [1.165, 1.54) is 4.88 Å². The average molecular weight is 223 g/mol. The number of hydrogen-bond acceptors (Lipinski definition) is 2. The lowest BCUT2D eigenvalue weighted by molar-refractivity contribution is -0.121. The summed E-state index contributed by atoms with van der Waals surface area (Å²) < 4.78 is 0. The molecule has 3 heteroatoms. The summed E-state index contributed by atoms with van der Waals surface area (Å²) in [6.07, 6.45) is 3.97. The van der Waals surface area contributed by atoms with Gasteiger partial charge in [-0.2, -0.15) is 0 Å². The van der Waals surface area contributed by atoms with Crippen LogP contribution in [0.1, 0.15) is 24.6 Å². The summed E-state index contributed by atoms with van der Waals surface area (Å²) in [5, 5.41) is 5.03. The van der Waals surface area contributed by atoms with Gasteiger partial charge in [0.15, 0.2) is 0 Å². The molecule has 0 aliphatic rings. The van der Waals surface area contributed by atoms with Crippen molar-refractivity contribution in [1.82, 2.24) is 5.32 Å². The Bertz CT molecular complexity index is 305. The molecule has 1 aromatic rings. The lowest BCUT2D eigenvalue weighted by atomic mass is 10.2. The van der Waals surface area contributed by atoms with Gasteiger partial charge in [-0.3, -0.25) is 4.79 Å². The minimum absolute atomic E-state index is 0.110. The van der Waals surface area contributed by atoms with Gasteiger partial charge in [-0.25, -0.2) is 0 Å². The predicted octanol–water partition coefficient (Wildman–Crippen LogP) is 2.76. The third-order valence-corrected chi connectivity index (χ3v) is 2.97. The molecule has 1 aromatic heterocycles. The van der Waals surface area contributed by atoms with Crippen LogP contribution in [0.25, 0.3) is 0 Å². The van der Waals surface area contributed by atoms with Crippen LogP contribution in [0.5, 0.6) is 0 Å². The van der Waals surface area contributed by atoms with Crippen molar-refractivity contribution in [1.29, 1.82) is 0 Å². The summed E-state index contributed by atoms with van der Waals surface area (Å²) in [5.41, 5.74) is 0. The van der Waals surface area contributed by atoms with E-state index in [0.29, 0.717) is 6.42 Å². The number of thiophene rings is 1. The third kappa shape index (κ3) is 4.79. The minimum atomic E-state index is 0.110. The fourth-order valence-electron chi connectivity index (χ4n) is 1.36. The molecular formula is C12H17NOS. The van der Waals surface area contributed by atoms with Crippen molar-refractivity contribution in [3.63, 3.8) is 0 Å². The standard InChI is InChI=1S/C12H17NOS/c1-3-4-7-12(14)13-10(2)9-11-6-5-8-15-11/h3,5-6,8,10H,1,4,7,9H2,2H3,(H,13,14)/t10-/m0/s1. The first-order valence-corrected chi connectivity index (χ1v) is 6.03. The highest BCUT2D eigenvalue weighted by Gasteiger charge is 2.07. The van der Waals surface area contributed by atoms with E-state index in [4.69, 9.17) is 0 Å². The summed E-state index contributed by atoms with van der Waals surface area (Å²) in [7, 11) is 0. The Balaban J connectivity index is 2.26. The Morgan fingerprint density at radius 1 is 1.73 bits per heavy atom. The molecule has 1 N–H and O–H groups in total. The minimum Gasteiger partial charge on any atom is -0.353 e. The second-order valence-corrected chi connectivity index (χ2v) is 4.61. The zero-order chi connectivity index (χ0) is 11.1. The van der Waals surface area contributed by atoms with E-state index >= 15 is 0 Å². The van der Waals surface area contributed by atoms with Crippen molar-refractivity contribution < 1.29 is 4.79 Å². The molecule has 1 heterocycles. The molecule has 1 rings (SSSR count). The molecule has 0 spiro atoms. The summed E-state index contributed by atoms with van der Waals surface area (Å²) in [5.74, 6) is 0.110. The first-order valence-electron chi connectivity index (χ1n) is 5.15. The smallest absolute Gasteiger partial charge is 0.220 e. The highest BCUT2D eigenvalue weighted by molar-refractivity contribution is 7.09. The number of rotatable bonds is 6. The number of amides is 1. The second-order valence-electron chi connectivity index (χ2n) is 3.58. The van der Waals surface area contributed by atoms with Crippen LogP contribution in [-0.2, 0) is 11.2 Å². The molecule has 0 unspecified atom stereocenters. The molecule has 0 radical (unpaired) electrons. The Hall–Kier alpha value is -1.09. The number of nitrogens with one attached hydrogen (secondary N) is 1. The molecule has 0 aliphatic heterocycles. The molecule has 1 atom stereocenters. The molecular weight excluding hydrogens is 206 g/mol. The maximum Gasteiger partial charge on any atom is 0.220 e. The van der Waals surface area contributed by atoms with Gasteiger partial charge < -0.3 is 5.32 Å². The normalized spacial score (nSPS) is 12.1. The second kappa shape index (κ2) is 6.40. The molecule has 1 amide bonds. The molecule has 0 saturated carbocycles. The van der Waals surface area contributed by atoms with Crippen LogP contribution in [0.3, 0.4) is 0 Å². The van der Waals surface area contributed by atoms with Crippen molar-refractivity contribution in [2.75, 3.05) is 0 Å². The fourth-order valence-corrected chi connectivity index (χ4v) is 2.20. The van der Waals surface area contributed by atoms with Crippen molar-refractivity contribution in [3.8, 4) is 0 Å². The van der Waals surface area contributed by atoms with Gasteiger partial charge in [0.25, 0.3) is 0 Å². The highest BCUT2D eigenvalue weighted by atomic mass is 32.1. The quantitative estimate of drug-likeness (QED) is 0.738. The molecule has 0 aromatic carbocycles. The van der Waals surface area contributed by atoms with E-state index in [9.17, 15) is 4.79 Å². The Morgan fingerprint density at radius 3 is 3.13 bits per heavy atom. The Morgan fingerprint density at radius 2 is 2.53 bits per heavy atom. The van der Waals surface area contributed by atoms with Crippen molar-refractivity contribution in [3.05, 3.63) is 35.0 Å². The van der Waals surface area contributed by atoms with Crippen LogP contribution in [0.4, 0.5) is 0 Å². The molecule has 15 heavy (non-hydrogen) atoms. The number of carbonyl (C=O) groups excluding carboxylic acids is 1. The molecule has 0 bridgehead atoms. The van der Waals surface area contributed by atoms with E-state index in [1.54, 1.807) is 17.4 Å². The third-order valence-electron chi connectivity index (χ3n) is 2.07. The van der Waals surface area contributed by atoms with E-state index in [1.807, 2.05) is 13.0 Å². The molecule has 0 fully saturated rings. The first-order chi connectivity index (χ1) is 7.22. The maximum atomic E-state index is 11.4. The molecule has 2 nitrogen and oxygen atoms in total. The van der Waals surface area contributed by atoms with Crippen LogP contribution in [0, 0.1) is 0 Å². The summed E-state index contributed by atoms with van der Waals surface area (Å²) in [6, 6.07) is 4.34. The van der Waals surface area contributed by atoms with Gasteiger partial charge in [-0.1, -0.05) is 12.1 Å². The SMILES string of the molecule is C=CCCC(=O)N[C@@H](C)Cc1cccs1. The largest absolute Gasteiger partial charge is 0.353 e. The van der Waals surface area contributed by atoms with Gasteiger partial charge in [-0.15, -0.1) is 17.9 Å². The molecule has 0 saturated heterocycles. The Kier molecular flexibility index (Phi) is 5.12. The van der Waals surface area contributed by atoms with Gasteiger partial charge in [0.1, 0.15) is 0 Å². The summed E-state index contributed by atoms with van der Waals surface area (Å²) >= 11 is 1.73. The van der Waals surface area contributed by atoms with Crippen LogP contribution in [0.15, 0.2) is 30.2 Å². The topological polar surface area (TPSA) is 29.1 Å². The number of carbonyl (C=O) groups is 1. The average Bonchev–Trinajstić information content (AvgIpc) is 2.67. The first kappa shape index (κ1) is 12.0. The molecule has 82 valence electrons. The summed E-state index contributed by atoms with van der Waals surface area (Å²) in [4.78, 5) is 12.7. The maximum absolute atomic E-state index is 11.4. The van der Waals surface area contributed by atoms with Crippen molar-refractivity contribution in [2.45, 2.75) is 32.2 Å². The van der Waals surface area contributed by atoms with E-state index in [0.717, 1.165) is 12.8 Å². The number of hydrogen-bond donors (Lipinski definition) is 1. The van der Waals surface area contributed by atoms with Gasteiger partial charge >= 0.3 is 0 Å². The summed E-state index contributed by atoms with van der Waals surface area (Å²) in [6.45, 7) is 5.63.